The van der Waals surface area contributed by atoms with Crippen molar-refractivity contribution in [3.8, 4) is 0 Å². The third kappa shape index (κ3) is 5.52. The summed E-state index contributed by atoms with van der Waals surface area (Å²) >= 11 is 0. The van der Waals surface area contributed by atoms with Crippen LogP contribution in [0.2, 0.25) is 0 Å². The monoisotopic (exact) mass is 249 g/mol. The van der Waals surface area contributed by atoms with Gasteiger partial charge in [0.1, 0.15) is 0 Å². The number of rotatable bonds is 7. The van der Waals surface area contributed by atoms with Crippen LogP contribution >= 0.6 is 0 Å². The molecule has 0 radical (unpaired) electrons. The fourth-order valence-corrected chi connectivity index (χ4v) is 1.97. The third-order valence-electron chi connectivity index (χ3n) is 3.01. The Hall–Kier alpha value is -1.06. The van der Waals surface area contributed by atoms with Crippen LogP contribution in [-0.4, -0.2) is 52.2 Å². The predicted octanol–water partition coefficient (Wildman–Crippen LogP) is 1.89. The summed E-state index contributed by atoms with van der Waals surface area (Å²) < 4.78 is 0. The maximum absolute atomic E-state index is 3.46. The Morgan fingerprint density at radius 2 is 1.44 bits per heavy atom. The highest BCUT2D eigenvalue weighted by Crippen LogP contribution is 2.16. The van der Waals surface area contributed by atoms with Gasteiger partial charge < -0.3 is 15.1 Å². The number of hydrogen-bond acceptors (Lipinski definition) is 3. The minimum Gasteiger partial charge on any atom is -0.373 e. The molecular formula is C15H27N3. The van der Waals surface area contributed by atoms with E-state index in [1.165, 1.54) is 16.8 Å². The van der Waals surface area contributed by atoms with Gasteiger partial charge in [-0.2, -0.15) is 0 Å². The van der Waals surface area contributed by atoms with E-state index in [0.29, 0.717) is 0 Å². The molecule has 3 heteroatoms. The van der Waals surface area contributed by atoms with Crippen molar-refractivity contribution in [2.24, 2.45) is 0 Å². The molecule has 0 saturated heterocycles. The second kappa shape index (κ2) is 7.39. The first-order chi connectivity index (χ1) is 8.49. The number of nitrogens with zero attached hydrogens (tertiary/aromatic N) is 2. The SMILES string of the molecule is Cc1cc(C)cc(N(C)CCNCCN(C)C)c1. The van der Waals surface area contributed by atoms with E-state index in [1.54, 1.807) is 0 Å². The number of anilines is 1. The van der Waals surface area contributed by atoms with Crippen molar-refractivity contribution < 1.29 is 0 Å². The zero-order valence-electron chi connectivity index (χ0n) is 12.5. The van der Waals surface area contributed by atoms with Gasteiger partial charge in [0.05, 0.1) is 0 Å². The van der Waals surface area contributed by atoms with Crippen molar-refractivity contribution in [3.63, 3.8) is 0 Å². The first kappa shape index (κ1) is 15.0. The van der Waals surface area contributed by atoms with E-state index in [4.69, 9.17) is 0 Å². The molecule has 0 aliphatic heterocycles. The van der Waals surface area contributed by atoms with E-state index in [-0.39, 0.29) is 0 Å². The van der Waals surface area contributed by atoms with Gasteiger partial charge >= 0.3 is 0 Å². The Kier molecular flexibility index (Phi) is 6.16. The second-order valence-electron chi connectivity index (χ2n) is 5.32. The van der Waals surface area contributed by atoms with Crippen LogP contribution in [-0.2, 0) is 0 Å². The van der Waals surface area contributed by atoms with Crippen molar-refractivity contribution in [1.82, 2.24) is 10.2 Å². The summed E-state index contributed by atoms with van der Waals surface area (Å²) in [6.07, 6.45) is 0. The average molecular weight is 249 g/mol. The molecule has 3 nitrogen and oxygen atoms in total. The zero-order chi connectivity index (χ0) is 13.5. The molecule has 0 fully saturated rings. The summed E-state index contributed by atoms with van der Waals surface area (Å²) in [6, 6.07) is 6.70. The number of hydrogen-bond donors (Lipinski definition) is 1. The summed E-state index contributed by atoms with van der Waals surface area (Å²) in [7, 11) is 6.36. The number of likely N-dealkylation sites (N-methyl/N-ethyl adjacent to an activating group) is 2. The Bertz CT molecular complexity index is 341. The second-order valence-corrected chi connectivity index (χ2v) is 5.32. The van der Waals surface area contributed by atoms with Crippen LogP contribution in [0, 0.1) is 13.8 Å². The molecule has 1 aromatic carbocycles. The summed E-state index contributed by atoms with van der Waals surface area (Å²) in [5.41, 5.74) is 3.97. The van der Waals surface area contributed by atoms with Crippen LogP contribution in [0.3, 0.4) is 0 Å². The summed E-state index contributed by atoms with van der Waals surface area (Å²) in [5, 5.41) is 3.46. The van der Waals surface area contributed by atoms with E-state index in [1.807, 2.05) is 0 Å². The average Bonchev–Trinajstić information content (AvgIpc) is 2.26. The Balaban J connectivity index is 2.34. The van der Waals surface area contributed by atoms with E-state index >= 15 is 0 Å². The highest BCUT2D eigenvalue weighted by molar-refractivity contribution is 5.50. The Labute approximate surface area is 112 Å². The molecule has 1 rings (SSSR count). The maximum Gasteiger partial charge on any atom is 0.0369 e. The quantitative estimate of drug-likeness (QED) is 0.745. The lowest BCUT2D eigenvalue weighted by Gasteiger charge is -2.21. The largest absolute Gasteiger partial charge is 0.373 e. The van der Waals surface area contributed by atoms with Crippen molar-refractivity contribution in [2.45, 2.75) is 13.8 Å². The minimum absolute atomic E-state index is 1.03. The van der Waals surface area contributed by atoms with E-state index < -0.39 is 0 Å². The lowest BCUT2D eigenvalue weighted by atomic mass is 10.1. The van der Waals surface area contributed by atoms with Gasteiger partial charge in [-0.05, 0) is 51.2 Å². The van der Waals surface area contributed by atoms with Crippen LogP contribution in [0.1, 0.15) is 11.1 Å². The lowest BCUT2D eigenvalue weighted by Crippen LogP contribution is -2.33. The highest BCUT2D eigenvalue weighted by Gasteiger charge is 2.01. The van der Waals surface area contributed by atoms with Gasteiger partial charge in [-0.3, -0.25) is 0 Å². The summed E-state index contributed by atoms with van der Waals surface area (Å²) in [4.78, 5) is 4.50. The Morgan fingerprint density at radius 1 is 0.889 bits per heavy atom. The normalized spacial score (nSPS) is 11.0. The molecule has 0 saturated carbocycles. The van der Waals surface area contributed by atoms with Crippen LogP contribution in [0.25, 0.3) is 0 Å². The van der Waals surface area contributed by atoms with E-state index in [0.717, 1.165) is 26.2 Å². The van der Waals surface area contributed by atoms with E-state index in [2.05, 4.69) is 68.3 Å². The Morgan fingerprint density at radius 3 is 2.00 bits per heavy atom. The molecule has 0 heterocycles. The van der Waals surface area contributed by atoms with Gasteiger partial charge in [0.25, 0.3) is 0 Å². The standard InChI is InChI=1S/C15H27N3/c1-13-10-14(2)12-15(11-13)18(5)9-7-16-6-8-17(3)4/h10-12,16H,6-9H2,1-5H3. The fourth-order valence-electron chi connectivity index (χ4n) is 1.97. The van der Waals surface area contributed by atoms with Crippen LogP contribution in [0.15, 0.2) is 18.2 Å². The number of nitrogens with one attached hydrogen (secondary N) is 1. The molecule has 102 valence electrons. The van der Waals surface area contributed by atoms with Crippen molar-refractivity contribution >= 4 is 5.69 Å². The molecule has 0 spiro atoms. The van der Waals surface area contributed by atoms with Gasteiger partial charge in [-0.1, -0.05) is 6.07 Å². The molecular weight excluding hydrogens is 222 g/mol. The molecule has 0 bridgehead atoms. The molecule has 0 aliphatic carbocycles. The smallest absolute Gasteiger partial charge is 0.0369 e. The molecule has 0 amide bonds. The first-order valence-electron chi connectivity index (χ1n) is 6.64. The van der Waals surface area contributed by atoms with Crippen LogP contribution in [0.4, 0.5) is 5.69 Å². The molecule has 18 heavy (non-hydrogen) atoms. The number of aryl methyl sites for hydroxylation is 2. The molecule has 0 aliphatic rings. The van der Waals surface area contributed by atoms with Gasteiger partial charge in [0.15, 0.2) is 0 Å². The molecule has 1 N–H and O–H groups in total. The summed E-state index contributed by atoms with van der Waals surface area (Å²) in [5.74, 6) is 0. The molecule has 0 atom stereocenters. The topological polar surface area (TPSA) is 18.5 Å². The minimum atomic E-state index is 1.03. The van der Waals surface area contributed by atoms with Gasteiger partial charge in [-0.15, -0.1) is 0 Å². The fraction of sp³-hybridized carbons (Fsp3) is 0.600. The van der Waals surface area contributed by atoms with Crippen molar-refractivity contribution in [3.05, 3.63) is 29.3 Å². The van der Waals surface area contributed by atoms with Gasteiger partial charge in [-0.25, -0.2) is 0 Å². The van der Waals surface area contributed by atoms with Crippen LogP contribution in [0.5, 0.6) is 0 Å². The zero-order valence-corrected chi connectivity index (χ0v) is 12.5. The summed E-state index contributed by atoms with van der Waals surface area (Å²) in [6.45, 7) is 8.51. The van der Waals surface area contributed by atoms with Gasteiger partial charge in [0, 0.05) is 38.9 Å². The van der Waals surface area contributed by atoms with Crippen molar-refractivity contribution in [2.75, 3.05) is 52.2 Å². The first-order valence-corrected chi connectivity index (χ1v) is 6.64. The predicted molar refractivity (Wildman–Crippen MR) is 80.6 cm³/mol. The lowest BCUT2D eigenvalue weighted by molar-refractivity contribution is 0.401. The number of benzene rings is 1. The molecule has 0 unspecified atom stereocenters. The molecule has 0 aromatic heterocycles. The third-order valence-corrected chi connectivity index (χ3v) is 3.01. The molecule has 1 aromatic rings. The van der Waals surface area contributed by atoms with Crippen LogP contribution < -0.4 is 10.2 Å². The van der Waals surface area contributed by atoms with Gasteiger partial charge in [0.2, 0.25) is 0 Å². The highest BCUT2D eigenvalue weighted by atomic mass is 15.1. The van der Waals surface area contributed by atoms with E-state index in [9.17, 15) is 0 Å². The van der Waals surface area contributed by atoms with Crippen molar-refractivity contribution in [1.29, 1.82) is 0 Å². The maximum atomic E-state index is 3.46.